The number of amides is 3. The predicted molar refractivity (Wildman–Crippen MR) is 122 cm³/mol. The maximum absolute atomic E-state index is 12.7. The number of nitrogens with zero attached hydrogens (tertiary/aromatic N) is 1. The lowest BCUT2D eigenvalue weighted by Gasteiger charge is -2.13. The molecule has 1 heterocycles. The number of thioether (sulfide) groups is 1. The summed E-state index contributed by atoms with van der Waals surface area (Å²) < 4.78 is 34.9. The Bertz CT molecular complexity index is 1130. The maximum atomic E-state index is 12.7. The zero-order valence-corrected chi connectivity index (χ0v) is 19.1. The Morgan fingerprint density at radius 1 is 1.21 bits per heavy atom. The zero-order chi connectivity index (χ0) is 24.1. The molecule has 33 heavy (non-hydrogen) atoms. The molecule has 11 heteroatoms. The molecule has 0 aliphatic carbocycles. The van der Waals surface area contributed by atoms with E-state index in [2.05, 4.69) is 10.1 Å². The molecule has 0 radical (unpaired) electrons. The first-order valence-electron chi connectivity index (χ1n) is 9.71. The van der Waals surface area contributed by atoms with Crippen LogP contribution in [0.1, 0.15) is 18.1 Å². The van der Waals surface area contributed by atoms with Gasteiger partial charge in [0.05, 0.1) is 11.5 Å². The van der Waals surface area contributed by atoms with Crippen molar-refractivity contribution >= 4 is 52.2 Å². The standard InChI is InChI=1S/C22H19ClF2N2O5S/c1-3-31-17-8-13(5-7-16(17)32-21(24)25)9-18-20(29)27(22(30)33-18)11-19(28)26-14-6-4-12(2)15(23)10-14/h4-10,21H,3,11H2,1-2H3,(H,26,28)/b18-9-. The Hall–Kier alpha value is -3.11. The van der Waals surface area contributed by atoms with Crippen LogP contribution in [0.15, 0.2) is 41.3 Å². The van der Waals surface area contributed by atoms with E-state index in [1.165, 1.54) is 24.3 Å². The van der Waals surface area contributed by atoms with Crippen molar-refractivity contribution in [2.75, 3.05) is 18.5 Å². The lowest BCUT2D eigenvalue weighted by Crippen LogP contribution is -2.36. The lowest BCUT2D eigenvalue weighted by molar-refractivity contribution is -0.127. The van der Waals surface area contributed by atoms with Crippen molar-refractivity contribution in [2.45, 2.75) is 20.5 Å². The van der Waals surface area contributed by atoms with Gasteiger partial charge in [-0.25, -0.2) is 0 Å². The number of imide groups is 1. The number of ether oxygens (including phenoxy) is 2. The topological polar surface area (TPSA) is 84.9 Å². The van der Waals surface area contributed by atoms with Crippen molar-refractivity contribution in [1.29, 1.82) is 0 Å². The molecule has 1 fully saturated rings. The number of hydrogen-bond acceptors (Lipinski definition) is 6. The van der Waals surface area contributed by atoms with Crippen LogP contribution in [0.2, 0.25) is 5.02 Å². The molecule has 1 saturated heterocycles. The van der Waals surface area contributed by atoms with Gasteiger partial charge >= 0.3 is 6.61 Å². The first kappa shape index (κ1) is 24.5. The smallest absolute Gasteiger partial charge is 0.387 e. The number of hydrogen-bond donors (Lipinski definition) is 1. The van der Waals surface area contributed by atoms with Crippen molar-refractivity contribution in [3.63, 3.8) is 0 Å². The molecular formula is C22H19ClF2N2O5S. The van der Waals surface area contributed by atoms with Crippen LogP contribution in [-0.4, -0.2) is 41.7 Å². The SMILES string of the molecule is CCOc1cc(/C=C2\SC(=O)N(CC(=O)Nc3ccc(C)c(Cl)c3)C2=O)ccc1OC(F)F. The van der Waals surface area contributed by atoms with Crippen LogP contribution in [0.5, 0.6) is 11.5 Å². The summed E-state index contributed by atoms with van der Waals surface area (Å²) in [5, 5.41) is 2.46. The molecule has 0 aromatic heterocycles. The van der Waals surface area contributed by atoms with Crippen LogP contribution in [-0.2, 0) is 9.59 Å². The van der Waals surface area contributed by atoms with E-state index in [-0.39, 0.29) is 23.0 Å². The van der Waals surface area contributed by atoms with Crippen LogP contribution in [0.4, 0.5) is 19.3 Å². The molecule has 174 valence electrons. The van der Waals surface area contributed by atoms with Gasteiger partial charge in [0, 0.05) is 10.7 Å². The molecule has 1 aliphatic rings. The molecular weight excluding hydrogens is 478 g/mol. The quantitative estimate of drug-likeness (QED) is 0.498. The molecule has 7 nitrogen and oxygen atoms in total. The molecule has 2 aromatic rings. The van der Waals surface area contributed by atoms with E-state index >= 15 is 0 Å². The molecule has 0 unspecified atom stereocenters. The summed E-state index contributed by atoms with van der Waals surface area (Å²) >= 11 is 6.71. The lowest BCUT2D eigenvalue weighted by atomic mass is 10.2. The van der Waals surface area contributed by atoms with E-state index in [0.717, 1.165) is 10.5 Å². The minimum atomic E-state index is -3.02. The predicted octanol–water partition coefficient (Wildman–Crippen LogP) is 5.32. The van der Waals surface area contributed by atoms with Gasteiger partial charge in [-0.2, -0.15) is 8.78 Å². The summed E-state index contributed by atoms with van der Waals surface area (Å²) in [7, 11) is 0. The Kier molecular flexibility index (Phi) is 7.93. The van der Waals surface area contributed by atoms with Crippen LogP contribution < -0.4 is 14.8 Å². The number of carbonyl (C=O) groups excluding carboxylic acids is 3. The van der Waals surface area contributed by atoms with E-state index < -0.39 is 30.2 Å². The monoisotopic (exact) mass is 496 g/mol. The zero-order valence-electron chi connectivity index (χ0n) is 17.6. The third-order valence-corrected chi connectivity index (χ3v) is 5.73. The van der Waals surface area contributed by atoms with E-state index in [4.69, 9.17) is 16.3 Å². The van der Waals surface area contributed by atoms with Gasteiger partial charge in [0.25, 0.3) is 11.1 Å². The van der Waals surface area contributed by atoms with Gasteiger partial charge in [0.1, 0.15) is 6.54 Å². The molecule has 3 rings (SSSR count). The first-order valence-corrected chi connectivity index (χ1v) is 10.9. The molecule has 0 bridgehead atoms. The second-order valence-corrected chi connectivity index (χ2v) is 8.20. The van der Waals surface area contributed by atoms with Crippen molar-refractivity contribution in [3.05, 3.63) is 57.5 Å². The second-order valence-electron chi connectivity index (χ2n) is 6.80. The number of benzene rings is 2. The average molecular weight is 497 g/mol. The minimum Gasteiger partial charge on any atom is -0.490 e. The van der Waals surface area contributed by atoms with Crippen molar-refractivity contribution < 1.29 is 32.6 Å². The van der Waals surface area contributed by atoms with E-state index in [9.17, 15) is 23.2 Å². The van der Waals surface area contributed by atoms with Crippen LogP contribution >= 0.6 is 23.4 Å². The highest BCUT2D eigenvalue weighted by Gasteiger charge is 2.36. The number of aryl methyl sites for hydroxylation is 1. The molecule has 0 saturated carbocycles. The normalized spacial score (nSPS) is 14.8. The summed E-state index contributed by atoms with van der Waals surface area (Å²) in [6, 6.07) is 9.11. The summed E-state index contributed by atoms with van der Waals surface area (Å²) in [5.74, 6) is -1.29. The second kappa shape index (κ2) is 10.7. The van der Waals surface area contributed by atoms with Crippen molar-refractivity contribution in [2.24, 2.45) is 0 Å². The van der Waals surface area contributed by atoms with E-state index in [0.29, 0.717) is 28.0 Å². The van der Waals surface area contributed by atoms with Gasteiger partial charge in [-0.3, -0.25) is 19.3 Å². The van der Waals surface area contributed by atoms with Gasteiger partial charge in [-0.1, -0.05) is 23.7 Å². The maximum Gasteiger partial charge on any atom is 0.387 e. The van der Waals surface area contributed by atoms with Gasteiger partial charge < -0.3 is 14.8 Å². The Morgan fingerprint density at radius 2 is 1.97 bits per heavy atom. The first-order chi connectivity index (χ1) is 15.7. The van der Waals surface area contributed by atoms with Crippen LogP contribution in [0.3, 0.4) is 0 Å². The summed E-state index contributed by atoms with van der Waals surface area (Å²) in [5.41, 5.74) is 1.71. The Morgan fingerprint density at radius 3 is 2.64 bits per heavy atom. The fourth-order valence-electron chi connectivity index (χ4n) is 2.88. The highest BCUT2D eigenvalue weighted by Crippen LogP contribution is 2.35. The Balaban J connectivity index is 1.73. The fraction of sp³-hybridized carbons (Fsp3) is 0.227. The third-order valence-electron chi connectivity index (χ3n) is 4.41. The van der Waals surface area contributed by atoms with Gasteiger partial charge in [-0.15, -0.1) is 0 Å². The largest absolute Gasteiger partial charge is 0.490 e. The number of carbonyl (C=O) groups is 3. The third kappa shape index (κ3) is 6.23. The number of halogens is 3. The average Bonchev–Trinajstić information content (AvgIpc) is 3.00. The highest BCUT2D eigenvalue weighted by atomic mass is 35.5. The van der Waals surface area contributed by atoms with E-state index in [1.807, 2.05) is 6.92 Å². The summed E-state index contributed by atoms with van der Waals surface area (Å²) in [4.78, 5) is 38.2. The molecule has 3 amide bonds. The van der Waals surface area contributed by atoms with E-state index in [1.54, 1.807) is 25.1 Å². The van der Waals surface area contributed by atoms with Gasteiger partial charge in [-0.05, 0) is 67.1 Å². The molecule has 0 spiro atoms. The molecule has 2 aromatic carbocycles. The van der Waals surface area contributed by atoms with Crippen molar-refractivity contribution in [1.82, 2.24) is 4.90 Å². The number of alkyl halides is 2. The van der Waals surface area contributed by atoms with Gasteiger partial charge in [0.2, 0.25) is 5.91 Å². The van der Waals surface area contributed by atoms with Crippen LogP contribution in [0, 0.1) is 6.92 Å². The van der Waals surface area contributed by atoms with Crippen molar-refractivity contribution in [3.8, 4) is 11.5 Å². The fourth-order valence-corrected chi connectivity index (χ4v) is 3.90. The molecule has 0 atom stereocenters. The summed E-state index contributed by atoms with van der Waals surface area (Å²) in [6.45, 7) is 0.213. The number of rotatable bonds is 8. The molecule has 1 aliphatic heterocycles. The molecule has 1 N–H and O–H groups in total. The summed E-state index contributed by atoms with van der Waals surface area (Å²) in [6.07, 6.45) is 1.41. The number of anilines is 1. The van der Waals surface area contributed by atoms with Gasteiger partial charge in [0.15, 0.2) is 11.5 Å². The number of nitrogens with one attached hydrogen (secondary N) is 1. The Labute approximate surface area is 197 Å². The minimum absolute atomic E-state index is 0.0712. The highest BCUT2D eigenvalue weighted by molar-refractivity contribution is 8.18. The van der Waals surface area contributed by atoms with Crippen LogP contribution in [0.25, 0.3) is 6.08 Å².